The first-order valence-electron chi connectivity index (χ1n) is 9.20. The van der Waals surface area contributed by atoms with Gasteiger partial charge in [-0.05, 0) is 62.5 Å². The normalized spacial score (nSPS) is 22.3. The third-order valence-electron chi connectivity index (χ3n) is 5.33. The molecule has 2 heterocycles. The molecule has 140 valence electrons. The molecular weight excluding hydrogens is 333 g/mol. The van der Waals surface area contributed by atoms with E-state index in [0.29, 0.717) is 24.7 Å². The van der Waals surface area contributed by atoms with Gasteiger partial charge in [-0.3, -0.25) is 14.5 Å². The van der Waals surface area contributed by atoms with E-state index >= 15 is 0 Å². The molecule has 0 aromatic heterocycles. The fraction of sp³-hybridized carbons (Fsp3) is 0.500. The average Bonchev–Trinajstić information content (AvgIpc) is 2.79. The fourth-order valence-electron chi connectivity index (χ4n) is 3.79. The molecular formula is C20H26FN3O2. The van der Waals surface area contributed by atoms with Crippen LogP contribution in [0.15, 0.2) is 36.4 Å². The number of nitrogens with zero attached hydrogens (tertiary/aromatic N) is 2. The molecule has 0 bridgehead atoms. The number of rotatable bonds is 4. The van der Waals surface area contributed by atoms with Gasteiger partial charge in [0, 0.05) is 25.2 Å². The lowest BCUT2D eigenvalue weighted by Crippen LogP contribution is -2.43. The Labute approximate surface area is 153 Å². The smallest absolute Gasteiger partial charge is 0.238 e. The van der Waals surface area contributed by atoms with Crippen molar-refractivity contribution in [2.45, 2.75) is 19.3 Å². The lowest BCUT2D eigenvalue weighted by Gasteiger charge is -2.35. The minimum Gasteiger partial charge on any atom is -0.342 e. The number of anilines is 1. The summed E-state index contributed by atoms with van der Waals surface area (Å²) in [5.74, 6) is 0.266. The molecule has 5 nitrogen and oxygen atoms in total. The second kappa shape index (κ2) is 8.45. The molecule has 2 aliphatic heterocycles. The van der Waals surface area contributed by atoms with E-state index in [1.165, 1.54) is 12.1 Å². The third kappa shape index (κ3) is 4.69. The number of hydrogen-bond donors (Lipinski definition) is 1. The molecule has 0 radical (unpaired) electrons. The van der Waals surface area contributed by atoms with Crippen LogP contribution in [0.1, 0.15) is 19.3 Å². The maximum Gasteiger partial charge on any atom is 0.238 e. The first-order chi connectivity index (χ1) is 12.5. The van der Waals surface area contributed by atoms with E-state index in [-0.39, 0.29) is 23.5 Å². The van der Waals surface area contributed by atoms with Gasteiger partial charge in [0.25, 0.3) is 0 Å². The number of likely N-dealkylation sites (N-methyl/N-ethyl adjacent to an activating group) is 1. The number of amides is 2. The van der Waals surface area contributed by atoms with E-state index in [4.69, 9.17) is 0 Å². The van der Waals surface area contributed by atoms with Crippen molar-refractivity contribution in [1.82, 2.24) is 9.80 Å². The molecule has 0 spiro atoms. The Morgan fingerprint density at radius 3 is 2.58 bits per heavy atom. The summed E-state index contributed by atoms with van der Waals surface area (Å²) >= 11 is 0. The Bertz CT molecular complexity index is 666. The predicted molar refractivity (Wildman–Crippen MR) is 99.1 cm³/mol. The van der Waals surface area contributed by atoms with Crippen molar-refractivity contribution >= 4 is 17.5 Å². The van der Waals surface area contributed by atoms with E-state index in [1.807, 2.05) is 7.05 Å². The van der Waals surface area contributed by atoms with Gasteiger partial charge < -0.3 is 10.2 Å². The summed E-state index contributed by atoms with van der Waals surface area (Å²) in [6.45, 7) is 2.65. The van der Waals surface area contributed by atoms with Crippen LogP contribution in [0.25, 0.3) is 0 Å². The van der Waals surface area contributed by atoms with Crippen LogP contribution in [0.5, 0.6) is 0 Å². The highest BCUT2D eigenvalue weighted by Gasteiger charge is 2.33. The second-order valence-corrected chi connectivity index (χ2v) is 7.20. The van der Waals surface area contributed by atoms with E-state index in [0.717, 1.165) is 32.4 Å². The first kappa shape index (κ1) is 18.6. The Balaban J connectivity index is 1.47. The van der Waals surface area contributed by atoms with E-state index < -0.39 is 0 Å². The standard InChI is InChI=1S/C20H26FN3O2/c1-23-11-3-2-4-18(20(23)26)15-9-12-24(13-10-15)14-19(25)22-17-7-5-16(21)6-8-17/h2-3,5-8,15,18H,4,9-14H2,1H3,(H,22,25)/t18-/m0/s1. The van der Waals surface area contributed by atoms with Crippen molar-refractivity contribution in [2.75, 3.05) is 38.5 Å². The molecule has 26 heavy (non-hydrogen) atoms. The molecule has 0 saturated carbocycles. The van der Waals surface area contributed by atoms with Crippen molar-refractivity contribution in [3.05, 3.63) is 42.2 Å². The van der Waals surface area contributed by atoms with Gasteiger partial charge in [0.15, 0.2) is 0 Å². The Morgan fingerprint density at radius 2 is 1.88 bits per heavy atom. The highest BCUT2D eigenvalue weighted by molar-refractivity contribution is 5.92. The number of allylic oxidation sites excluding steroid dienone is 1. The van der Waals surface area contributed by atoms with Gasteiger partial charge in [-0.2, -0.15) is 0 Å². The van der Waals surface area contributed by atoms with Crippen molar-refractivity contribution < 1.29 is 14.0 Å². The van der Waals surface area contributed by atoms with E-state index in [1.54, 1.807) is 17.0 Å². The van der Waals surface area contributed by atoms with Gasteiger partial charge in [-0.1, -0.05) is 12.2 Å². The van der Waals surface area contributed by atoms with Crippen LogP contribution in [0.2, 0.25) is 0 Å². The zero-order chi connectivity index (χ0) is 18.5. The number of carbonyl (C=O) groups excluding carboxylic acids is 2. The molecule has 1 N–H and O–H groups in total. The molecule has 1 aromatic rings. The summed E-state index contributed by atoms with van der Waals surface area (Å²) in [4.78, 5) is 28.6. The molecule has 1 aromatic carbocycles. The van der Waals surface area contributed by atoms with Crippen LogP contribution in [-0.2, 0) is 9.59 Å². The molecule has 6 heteroatoms. The minimum atomic E-state index is -0.321. The molecule has 3 rings (SSSR count). The third-order valence-corrected chi connectivity index (χ3v) is 5.33. The van der Waals surface area contributed by atoms with Gasteiger partial charge in [-0.25, -0.2) is 4.39 Å². The Hall–Kier alpha value is -2.21. The summed E-state index contributed by atoms with van der Waals surface area (Å²) < 4.78 is 12.9. The molecule has 0 unspecified atom stereocenters. The molecule has 0 aliphatic carbocycles. The summed E-state index contributed by atoms with van der Waals surface area (Å²) in [6.07, 6.45) is 6.87. The average molecular weight is 359 g/mol. The SMILES string of the molecule is CN1CC=CC[C@@H](C2CCN(CC(=O)Nc3ccc(F)cc3)CC2)C1=O. The fourth-order valence-corrected chi connectivity index (χ4v) is 3.79. The van der Waals surface area contributed by atoms with Crippen LogP contribution < -0.4 is 5.32 Å². The number of halogens is 1. The summed E-state index contributed by atoms with van der Waals surface area (Å²) in [5, 5.41) is 2.79. The van der Waals surface area contributed by atoms with Gasteiger partial charge in [-0.15, -0.1) is 0 Å². The molecule has 2 aliphatic rings. The van der Waals surface area contributed by atoms with Gasteiger partial charge >= 0.3 is 0 Å². The number of hydrogen-bond acceptors (Lipinski definition) is 3. The van der Waals surface area contributed by atoms with Crippen LogP contribution in [0.4, 0.5) is 10.1 Å². The van der Waals surface area contributed by atoms with Crippen molar-refractivity contribution in [1.29, 1.82) is 0 Å². The van der Waals surface area contributed by atoms with Crippen LogP contribution in [0.3, 0.4) is 0 Å². The van der Waals surface area contributed by atoms with Gasteiger partial charge in [0.2, 0.25) is 11.8 Å². The Morgan fingerprint density at radius 1 is 1.19 bits per heavy atom. The lowest BCUT2D eigenvalue weighted by molar-refractivity contribution is -0.136. The number of piperidine rings is 1. The molecule has 1 fully saturated rings. The number of carbonyl (C=O) groups is 2. The molecule has 1 atom stereocenters. The zero-order valence-corrected chi connectivity index (χ0v) is 15.2. The highest BCUT2D eigenvalue weighted by Crippen LogP contribution is 2.30. The minimum absolute atomic E-state index is 0.0638. The first-order valence-corrected chi connectivity index (χ1v) is 9.20. The number of benzene rings is 1. The summed E-state index contributed by atoms with van der Waals surface area (Å²) in [6, 6.07) is 5.77. The monoisotopic (exact) mass is 359 g/mol. The van der Waals surface area contributed by atoms with Crippen LogP contribution >= 0.6 is 0 Å². The molecule has 1 saturated heterocycles. The zero-order valence-electron chi connectivity index (χ0n) is 15.2. The van der Waals surface area contributed by atoms with Gasteiger partial charge in [0.05, 0.1) is 6.54 Å². The quantitative estimate of drug-likeness (QED) is 0.841. The maximum absolute atomic E-state index is 12.9. The van der Waals surface area contributed by atoms with Crippen molar-refractivity contribution in [3.63, 3.8) is 0 Å². The van der Waals surface area contributed by atoms with E-state index in [9.17, 15) is 14.0 Å². The largest absolute Gasteiger partial charge is 0.342 e. The van der Waals surface area contributed by atoms with Crippen LogP contribution in [-0.4, -0.2) is 54.8 Å². The van der Waals surface area contributed by atoms with E-state index in [2.05, 4.69) is 22.4 Å². The predicted octanol–water partition coefficient (Wildman–Crippen LogP) is 2.51. The van der Waals surface area contributed by atoms with Crippen molar-refractivity contribution in [2.24, 2.45) is 11.8 Å². The maximum atomic E-state index is 12.9. The van der Waals surface area contributed by atoms with Gasteiger partial charge in [0.1, 0.15) is 5.82 Å². The van der Waals surface area contributed by atoms with Crippen molar-refractivity contribution in [3.8, 4) is 0 Å². The number of likely N-dealkylation sites (tertiary alicyclic amines) is 1. The lowest BCUT2D eigenvalue weighted by atomic mass is 9.81. The topological polar surface area (TPSA) is 52.6 Å². The summed E-state index contributed by atoms with van der Waals surface area (Å²) in [5.41, 5.74) is 0.602. The molecule has 2 amide bonds. The number of nitrogens with one attached hydrogen (secondary N) is 1. The Kier molecular flexibility index (Phi) is 6.04. The second-order valence-electron chi connectivity index (χ2n) is 7.20. The highest BCUT2D eigenvalue weighted by atomic mass is 19.1. The van der Waals surface area contributed by atoms with Crippen LogP contribution in [0, 0.1) is 17.7 Å². The summed E-state index contributed by atoms with van der Waals surface area (Å²) in [7, 11) is 1.86.